The number of rotatable bonds is 6. The predicted molar refractivity (Wildman–Crippen MR) is 142 cm³/mol. The van der Waals surface area contributed by atoms with Crippen molar-refractivity contribution < 1.29 is 27.6 Å². The Balaban J connectivity index is 1.84. The highest BCUT2D eigenvalue weighted by atomic mass is 35.5. The molecule has 12 heteroatoms. The number of anilines is 1. The molecule has 0 saturated heterocycles. The van der Waals surface area contributed by atoms with Crippen molar-refractivity contribution in [2.45, 2.75) is 11.8 Å². The van der Waals surface area contributed by atoms with E-state index in [1.807, 2.05) is 0 Å². The normalized spacial score (nSPS) is 11.7. The first-order valence-electron chi connectivity index (χ1n) is 10.6. The van der Waals surface area contributed by atoms with Crippen molar-refractivity contribution in [1.82, 2.24) is 0 Å². The number of carbonyl (C=O) groups is 1. The maximum Gasteiger partial charge on any atom is 0.296 e. The summed E-state index contributed by atoms with van der Waals surface area (Å²) in [5.41, 5.74) is 0.407. The number of hydrogen-bond acceptors (Lipinski definition) is 7. The van der Waals surface area contributed by atoms with Crippen LogP contribution in [-0.4, -0.2) is 31.1 Å². The smallest absolute Gasteiger partial charge is 0.296 e. The summed E-state index contributed by atoms with van der Waals surface area (Å²) < 4.78 is 38.6. The summed E-state index contributed by atoms with van der Waals surface area (Å²) in [6.07, 6.45) is 0. The summed E-state index contributed by atoms with van der Waals surface area (Å²) in [6.45, 7) is 1.62. The third kappa shape index (κ3) is 5.52. The van der Waals surface area contributed by atoms with Gasteiger partial charge in [0.25, 0.3) is 16.0 Å². The fraction of sp³-hybridized carbons (Fsp3) is 0.0800. The van der Waals surface area contributed by atoms with Gasteiger partial charge in [0.1, 0.15) is 22.0 Å². The number of benzene rings is 4. The minimum Gasteiger partial charge on any atom is -0.505 e. The fourth-order valence-corrected chi connectivity index (χ4v) is 4.61. The van der Waals surface area contributed by atoms with Gasteiger partial charge in [-0.15, -0.1) is 10.2 Å². The lowest BCUT2D eigenvalue weighted by Crippen LogP contribution is -2.13. The Hall–Kier alpha value is -3.70. The molecule has 0 radical (unpaired) electrons. The number of methoxy groups -OCH3 is 1. The van der Waals surface area contributed by atoms with E-state index in [0.29, 0.717) is 32.8 Å². The molecule has 0 aliphatic heterocycles. The van der Waals surface area contributed by atoms with E-state index in [9.17, 15) is 22.9 Å². The Morgan fingerprint density at radius 3 is 2.46 bits per heavy atom. The Bertz CT molecular complexity index is 1690. The summed E-state index contributed by atoms with van der Waals surface area (Å²) in [5.74, 6) is -0.842. The molecular weight excluding hydrogens is 541 g/mol. The predicted octanol–water partition coefficient (Wildman–Crippen LogP) is 7.08. The van der Waals surface area contributed by atoms with E-state index < -0.39 is 26.7 Å². The van der Waals surface area contributed by atoms with Crippen LogP contribution >= 0.6 is 23.2 Å². The number of nitrogens with zero attached hydrogens (tertiary/aromatic N) is 2. The number of phenolic OH excluding ortho intramolecular Hbond substituents is 1. The molecule has 0 saturated carbocycles. The zero-order chi connectivity index (χ0) is 26.9. The van der Waals surface area contributed by atoms with Gasteiger partial charge in [0.05, 0.1) is 18.4 Å². The largest absolute Gasteiger partial charge is 0.505 e. The standard InChI is InChI=1S/C25H19Cl2N3O6S/c1-13-9-20(22(12-18(13)27)37(33,34)35)29-30-23-16-6-4-3-5-14(16)10-17(24(23)31)25(32)28-19-8-7-15(26)11-21(19)36-2/h3-12,31H,1-2H3,(H,28,32)(H,33,34,35). The average Bonchev–Trinajstić information content (AvgIpc) is 2.85. The van der Waals surface area contributed by atoms with E-state index in [4.69, 9.17) is 27.9 Å². The lowest BCUT2D eigenvalue weighted by molar-refractivity contribution is 0.102. The van der Waals surface area contributed by atoms with Gasteiger partial charge in [0.2, 0.25) is 0 Å². The second kappa shape index (κ2) is 10.3. The van der Waals surface area contributed by atoms with Gasteiger partial charge in [0, 0.05) is 21.5 Å². The number of aromatic hydroxyl groups is 1. The number of amides is 1. The molecule has 0 atom stereocenters. The second-order valence-corrected chi connectivity index (χ2v) is 10.1. The molecular formula is C25H19Cl2N3O6S. The molecule has 37 heavy (non-hydrogen) atoms. The van der Waals surface area contributed by atoms with Gasteiger partial charge >= 0.3 is 0 Å². The topological polar surface area (TPSA) is 138 Å². The van der Waals surface area contributed by atoms with Crippen LogP contribution in [0.25, 0.3) is 10.8 Å². The molecule has 4 aromatic carbocycles. The van der Waals surface area contributed by atoms with Crippen LogP contribution in [0.5, 0.6) is 11.5 Å². The number of azo groups is 1. The van der Waals surface area contributed by atoms with Crippen LogP contribution in [0.2, 0.25) is 10.0 Å². The van der Waals surface area contributed by atoms with E-state index >= 15 is 0 Å². The fourth-order valence-electron chi connectivity index (χ4n) is 3.59. The first-order chi connectivity index (χ1) is 17.5. The molecule has 0 aliphatic carbocycles. The molecule has 1 amide bonds. The van der Waals surface area contributed by atoms with Crippen molar-refractivity contribution >= 4 is 67.1 Å². The number of halogens is 2. The maximum atomic E-state index is 13.2. The molecule has 0 heterocycles. The van der Waals surface area contributed by atoms with Gasteiger partial charge in [0.15, 0.2) is 5.75 Å². The van der Waals surface area contributed by atoms with Crippen LogP contribution in [0.1, 0.15) is 15.9 Å². The van der Waals surface area contributed by atoms with Crippen molar-refractivity contribution in [2.75, 3.05) is 12.4 Å². The third-order valence-corrected chi connectivity index (χ3v) is 6.95. The van der Waals surface area contributed by atoms with E-state index in [0.717, 1.165) is 6.07 Å². The lowest BCUT2D eigenvalue weighted by Gasteiger charge is -2.13. The van der Waals surface area contributed by atoms with Gasteiger partial charge in [-0.2, -0.15) is 8.42 Å². The van der Waals surface area contributed by atoms with Crippen molar-refractivity contribution in [3.63, 3.8) is 0 Å². The number of carbonyl (C=O) groups excluding carboxylic acids is 1. The molecule has 0 unspecified atom stereocenters. The SMILES string of the molecule is COc1cc(Cl)ccc1NC(=O)c1cc2ccccc2c(N=Nc2cc(C)c(Cl)cc2S(=O)(=O)O)c1O. The zero-order valence-electron chi connectivity index (χ0n) is 19.4. The van der Waals surface area contributed by atoms with E-state index in [1.165, 1.54) is 25.3 Å². The summed E-state index contributed by atoms with van der Waals surface area (Å²) >= 11 is 12.0. The minimum atomic E-state index is -4.68. The molecule has 4 aromatic rings. The van der Waals surface area contributed by atoms with E-state index in [-0.39, 0.29) is 22.0 Å². The maximum absolute atomic E-state index is 13.2. The van der Waals surface area contributed by atoms with Gasteiger partial charge < -0.3 is 15.2 Å². The molecule has 0 spiro atoms. The van der Waals surface area contributed by atoms with Gasteiger partial charge in [-0.05, 0) is 48.2 Å². The number of phenols is 1. The minimum absolute atomic E-state index is 0.0831. The number of ether oxygens (including phenoxy) is 1. The Morgan fingerprint density at radius 2 is 1.76 bits per heavy atom. The van der Waals surface area contributed by atoms with Crippen LogP contribution in [0.4, 0.5) is 17.1 Å². The molecule has 9 nitrogen and oxygen atoms in total. The molecule has 0 aliphatic rings. The van der Waals surface area contributed by atoms with Crippen LogP contribution in [-0.2, 0) is 10.1 Å². The van der Waals surface area contributed by atoms with E-state index in [2.05, 4.69) is 15.5 Å². The first kappa shape index (κ1) is 26.4. The molecule has 0 aromatic heterocycles. The van der Waals surface area contributed by atoms with Crippen molar-refractivity contribution in [3.05, 3.63) is 81.8 Å². The molecule has 0 fully saturated rings. The Labute approximate surface area is 222 Å². The summed E-state index contributed by atoms with van der Waals surface area (Å²) in [7, 11) is -3.26. The quantitative estimate of drug-likeness (QED) is 0.170. The van der Waals surface area contributed by atoms with E-state index in [1.54, 1.807) is 43.3 Å². The summed E-state index contributed by atoms with van der Waals surface area (Å²) in [6, 6.07) is 15.3. The first-order valence-corrected chi connectivity index (χ1v) is 12.8. The monoisotopic (exact) mass is 559 g/mol. The van der Waals surface area contributed by atoms with Crippen molar-refractivity contribution in [2.24, 2.45) is 10.2 Å². The lowest BCUT2D eigenvalue weighted by atomic mass is 10.0. The van der Waals surface area contributed by atoms with Crippen molar-refractivity contribution in [1.29, 1.82) is 0 Å². The van der Waals surface area contributed by atoms with Gasteiger partial charge in [-0.3, -0.25) is 9.35 Å². The highest BCUT2D eigenvalue weighted by Crippen LogP contribution is 2.41. The number of fused-ring (bicyclic) bond motifs is 1. The Kier molecular flexibility index (Phi) is 7.37. The highest BCUT2D eigenvalue weighted by molar-refractivity contribution is 7.86. The number of nitrogens with one attached hydrogen (secondary N) is 1. The summed E-state index contributed by atoms with van der Waals surface area (Å²) in [5, 5.41) is 23.3. The molecule has 4 rings (SSSR count). The highest BCUT2D eigenvalue weighted by Gasteiger charge is 2.21. The number of hydrogen-bond donors (Lipinski definition) is 3. The second-order valence-electron chi connectivity index (χ2n) is 7.89. The van der Waals surface area contributed by atoms with Crippen LogP contribution in [0.15, 0.2) is 75.8 Å². The molecule has 3 N–H and O–H groups in total. The van der Waals surface area contributed by atoms with Crippen molar-refractivity contribution in [3.8, 4) is 11.5 Å². The summed E-state index contributed by atoms with van der Waals surface area (Å²) in [4.78, 5) is 12.6. The van der Waals surface area contributed by atoms with Crippen LogP contribution in [0, 0.1) is 6.92 Å². The van der Waals surface area contributed by atoms with Crippen LogP contribution < -0.4 is 10.1 Å². The third-order valence-electron chi connectivity index (χ3n) is 5.43. The number of aryl methyl sites for hydroxylation is 1. The zero-order valence-corrected chi connectivity index (χ0v) is 21.7. The molecule has 190 valence electrons. The van der Waals surface area contributed by atoms with Gasteiger partial charge in [-0.25, -0.2) is 0 Å². The van der Waals surface area contributed by atoms with Crippen LogP contribution in [0.3, 0.4) is 0 Å². The molecule has 0 bridgehead atoms. The Morgan fingerprint density at radius 1 is 1.03 bits per heavy atom. The van der Waals surface area contributed by atoms with Gasteiger partial charge in [-0.1, -0.05) is 47.5 Å². The average molecular weight is 560 g/mol.